The van der Waals surface area contributed by atoms with Crippen molar-refractivity contribution in [1.29, 1.82) is 0 Å². The highest BCUT2D eigenvalue weighted by Gasteiger charge is 2.30. The highest BCUT2D eigenvalue weighted by atomic mass is 35.5. The van der Waals surface area contributed by atoms with Gasteiger partial charge in [0.1, 0.15) is 15.2 Å². The van der Waals surface area contributed by atoms with E-state index in [9.17, 15) is 4.79 Å². The number of benzene rings is 2. The Balaban J connectivity index is 1.29. The van der Waals surface area contributed by atoms with Gasteiger partial charge in [0.25, 0.3) is 6.29 Å². The minimum atomic E-state index is -0.988. The molecule has 2 aromatic carbocycles. The number of hydrogen-bond acceptors (Lipinski definition) is 11. The molecule has 6 rings (SSSR count). The van der Waals surface area contributed by atoms with Gasteiger partial charge in [-0.05, 0) is 30.7 Å². The first-order chi connectivity index (χ1) is 19.3. The van der Waals surface area contributed by atoms with E-state index in [1.54, 1.807) is 38.6 Å². The van der Waals surface area contributed by atoms with E-state index in [2.05, 4.69) is 15.0 Å². The lowest BCUT2D eigenvalue weighted by molar-refractivity contribution is -0.0717. The molecule has 4 heterocycles. The van der Waals surface area contributed by atoms with Crippen molar-refractivity contribution in [3.63, 3.8) is 0 Å². The molecule has 204 valence electrons. The number of nitrogens with zero attached hydrogens (tertiary/aromatic N) is 5. The summed E-state index contributed by atoms with van der Waals surface area (Å²) in [6, 6.07) is 8.83. The van der Waals surface area contributed by atoms with Gasteiger partial charge in [-0.25, -0.2) is 24.7 Å². The Morgan fingerprint density at radius 1 is 1.10 bits per heavy atom. The molecule has 0 saturated heterocycles. The fourth-order valence-electron chi connectivity index (χ4n) is 4.25. The fourth-order valence-corrected chi connectivity index (χ4v) is 5.64. The summed E-state index contributed by atoms with van der Waals surface area (Å²) in [6.07, 6.45) is 1.48. The molecular weight excluding hydrogens is 558 g/mol. The van der Waals surface area contributed by atoms with Crippen molar-refractivity contribution in [3.8, 4) is 33.8 Å². The summed E-state index contributed by atoms with van der Waals surface area (Å²) in [4.78, 5) is 32.0. The van der Waals surface area contributed by atoms with E-state index in [0.717, 1.165) is 11.1 Å². The van der Waals surface area contributed by atoms with Gasteiger partial charge in [-0.1, -0.05) is 11.6 Å². The standard InChI is InChI=1S/C27H22ClN5O6S/c1-13-7-15(22-17(8-13)31-20(36-4)11-30-22)26-32-23-16(28)10-18-24(25(23)40-26)37-12-21(38-18)39-27(34)33(2)14-5-6-29-19(9-14)35-3/h5-11,21H,12H2,1-4H3/t21-/m1/s1. The van der Waals surface area contributed by atoms with E-state index >= 15 is 0 Å². The third kappa shape index (κ3) is 4.65. The lowest BCUT2D eigenvalue weighted by Gasteiger charge is -2.28. The predicted octanol–water partition coefficient (Wildman–Crippen LogP) is 5.65. The number of aromatic nitrogens is 4. The van der Waals surface area contributed by atoms with E-state index < -0.39 is 12.4 Å². The molecule has 5 aromatic rings. The molecule has 11 nitrogen and oxygen atoms in total. The number of hydrogen-bond donors (Lipinski definition) is 0. The van der Waals surface area contributed by atoms with Crippen molar-refractivity contribution >= 4 is 56.0 Å². The van der Waals surface area contributed by atoms with Crippen LogP contribution < -0.4 is 23.8 Å². The maximum Gasteiger partial charge on any atom is 0.417 e. The molecule has 0 bridgehead atoms. The topological polar surface area (TPSA) is 118 Å². The Bertz CT molecular complexity index is 1780. The van der Waals surface area contributed by atoms with Crippen LogP contribution in [0.2, 0.25) is 5.02 Å². The largest absolute Gasteiger partial charge is 0.481 e. The summed E-state index contributed by atoms with van der Waals surface area (Å²) in [7, 11) is 4.62. The van der Waals surface area contributed by atoms with Crippen molar-refractivity contribution < 1.29 is 28.5 Å². The van der Waals surface area contributed by atoms with E-state index in [1.807, 2.05) is 19.1 Å². The quantitative estimate of drug-likeness (QED) is 0.258. The third-order valence-electron chi connectivity index (χ3n) is 6.19. The highest BCUT2D eigenvalue weighted by molar-refractivity contribution is 7.22. The summed E-state index contributed by atoms with van der Waals surface area (Å²) in [5, 5.41) is 1.07. The third-order valence-corrected chi connectivity index (χ3v) is 7.57. The molecule has 1 atom stereocenters. The lowest BCUT2D eigenvalue weighted by atomic mass is 10.1. The van der Waals surface area contributed by atoms with Gasteiger partial charge >= 0.3 is 6.09 Å². The molecule has 40 heavy (non-hydrogen) atoms. The number of amides is 1. The summed E-state index contributed by atoms with van der Waals surface area (Å²) >= 11 is 8.03. The van der Waals surface area contributed by atoms with Crippen molar-refractivity contribution in [1.82, 2.24) is 19.9 Å². The Morgan fingerprint density at radius 2 is 1.93 bits per heavy atom. The first-order valence-electron chi connectivity index (χ1n) is 12.0. The van der Waals surface area contributed by atoms with Crippen molar-refractivity contribution in [2.24, 2.45) is 0 Å². The maximum atomic E-state index is 12.8. The lowest BCUT2D eigenvalue weighted by Crippen LogP contribution is -2.38. The van der Waals surface area contributed by atoms with Crippen molar-refractivity contribution in [3.05, 3.63) is 53.3 Å². The Kier molecular flexibility index (Phi) is 6.64. The molecule has 0 fully saturated rings. The number of fused-ring (bicyclic) bond motifs is 4. The fraction of sp³-hybridized carbons (Fsp3) is 0.222. The molecule has 1 aliphatic rings. The van der Waals surface area contributed by atoms with Crippen LogP contribution >= 0.6 is 22.9 Å². The molecule has 0 unspecified atom stereocenters. The van der Waals surface area contributed by atoms with Crippen LogP contribution in [0, 0.1) is 6.92 Å². The van der Waals surface area contributed by atoms with Crippen molar-refractivity contribution in [2.45, 2.75) is 13.2 Å². The minimum Gasteiger partial charge on any atom is -0.481 e. The number of halogens is 1. The molecule has 13 heteroatoms. The summed E-state index contributed by atoms with van der Waals surface area (Å²) in [5.41, 5.74) is 4.31. The molecule has 0 aliphatic carbocycles. The van der Waals surface area contributed by atoms with Gasteiger partial charge in [0.2, 0.25) is 11.8 Å². The van der Waals surface area contributed by atoms with E-state index in [-0.39, 0.29) is 6.61 Å². The van der Waals surface area contributed by atoms with Crippen LogP contribution in [0.1, 0.15) is 5.56 Å². The number of ether oxygens (including phenoxy) is 5. The molecule has 0 N–H and O–H groups in total. The van der Waals surface area contributed by atoms with Crippen LogP contribution in [-0.4, -0.2) is 60.2 Å². The van der Waals surface area contributed by atoms with Gasteiger partial charge < -0.3 is 23.7 Å². The Labute approximate surface area is 237 Å². The molecule has 0 radical (unpaired) electrons. The summed E-state index contributed by atoms with van der Waals surface area (Å²) in [5.74, 6) is 1.63. The predicted molar refractivity (Wildman–Crippen MR) is 150 cm³/mol. The van der Waals surface area contributed by atoms with Gasteiger partial charge in [-0.15, -0.1) is 11.3 Å². The van der Waals surface area contributed by atoms with Gasteiger partial charge in [-0.2, -0.15) is 0 Å². The number of thiazole rings is 1. The number of rotatable bonds is 5. The van der Waals surface area contributed by atoms with Crippen LogP contribution in [0.15, 0.2) is 42.7 Å². The molecule has 0 spiro atoms. The molecular formula is C27H22ClN5O6S. The number of anilines is 1. The number of methoxy groups -OCH3 is 2. The van der Waals surface area contributed by atoms with Gasteiger partial charge in [-0.3, -0.25) is 4.90 Å². The second kappa shape index (κ2) is 10.3. The first-order valence-corrected chi connectivity index (χ1v) is 13.2. The highest BCUT2D eigenvalue weighted by Crippen LogP contribution is 2.47. The van der Waals surface area contributed by atoms with Crippen molar-refractivity contribution in [2.75, 3.05) is 32.8 Å². The molecule has 0 saturated carbocycles. The molecule has 1 aliphatic heterocycles. The Morgan fingerprint density at radius 3 is 2.73 bits per heavy atom. The average Bonchev–Trinajstić information content (AvgIpc) is 3.42. The molecule has 1 amide bonds. The second-order valence-electron chi connectivity index (χ2n) is 8.83. The number of aryl methyl sites for hydroxylation is 1. The van der Waals surface area contributed by atoms with Gasteiger partial charge in [0.05, 0.1) is 42.2 Å². The SMILES string of the molecule is COc1cc(N(C)C(=O)O[C@@H]2COc3c(cc(Cl)c4nc(-c5cc(C)cc6nc(OC)cnc56)sc34)O2)ccn1. The zero-order valence-corrected chi connectivity index (χ0v) is 23.4. The van der Waals surface area contributed by atoms with Crippen LogP contribution in [0.5, 0.6) is 23.3 Å². The van der Waals surface area contributed by atoms with Gasteiger partial charge in [0.15, 0.2) is 18.1 Å². The van der Waals surface area contributed by atoms with Crippen LogP contribution in [0.3, 0.4) is 0 Å². The van der Waals surface area contributed by atoms with Crippen LogP contribution in [-0.2, 0) is 4.74 Å². The van der Waals surface area contributed by atoms with Crippen LogP contribution in [0.4, 0.5) is 10.5 Å². The van der Waals surface area contributed by atoms with E-state index in [4.69, 9.17) is 40.3 Å². The smallest absolute Gasteiger partial charge is 0.417 e. The zero-order valence-electron chi connectivity index (χ0n) is 21.8. The average molecular weight is 580 g/mol. The van der Waals surface area contributed by atoms with Gasteiger partial charge in [0, 0.05) is 30.9 Å². The minimum absolute atomic E-state index is 0.0190. The van der Waals surface area contributed by atoms with E-state index in [1.165, 1.54) is 29.5 Å². The second-order valence-corrected chi connectivity index (χ2v) is 10.2. The number of carbonyl (C=O) groups excluding carboxylic acids is 1. The van der Waals surface area contributed by atoms with Crippen LogP contribution in [0.25, 0.3) is 31.8 Å². The maximum absolute atomic E-state index is 12.8. The monoisotopic (exact) mass is 579 g/mol. The van der Waals surface area contributed by atoms with E-state index in [0.29, 0.717) is 60.2 Å². The summed E-state index contributed by atoms with van der Waals surface area (Å²) in [6.45, 7) is 1.96. The number of pyridine rings is 1. The molecule has 3 aromatic heterocycles. The normalized spacial score (nSPS) is 14.3. The summed E-state index contributed by atoms with van der Waals surface area (Å²) < 4.78 is 28.6. The Hall–Kier alpha value is -4.42. The first kappa shape index (κ1) is 25.8. The number of carbonyl (C=O) groups is 1. The zero-order chi connectivity index (χ0) is 28.0.